The summed E-state index contributed by atoms with van der Waals surface area (Å²) in [6.45, 7) is 0.518. The molecule has 1 aromatic carbocycles. The third kappa shape index (κ3) is 2.74. The van der Waals surface area contributed by atoms with Crippen molar-refractivity contribution in [3.05, 3.63) is 34.9 Å². The van der Waals surface area contributed by atoms with Crippen LogP contribution in [-0.2, 0) is 11.3 Å². The molecule has 5 heteroatoms. The third-order valence-corrected chi connectivity index (χ3v) is 4.37. The summed E-state index contributed by atoms with van der Waals surface area (Å²) in [5.41, 5.74) is 6.14. The molecule has 2 rings (SSSR count). The van der Waals surface area contributed by atoms with Gasteiger partial charge in [-0.05, 0) is 30.5 Å². The number of halogens is 1. The summed E-state index contributed by atoms with van der Waals surface area (Å²) in [7, 11) is 1.78. The molecule has 1 saturated carbocycles. The minimum atomic E-state index is -0.608. The van der Waals surface area contributed by atoms with Crippen molar-refractivity contribution in [2.24, 2.45) is 11.1 Å². The number of hydrogen-bond acceptors (Lipinski definition) is 2. The lowest BCUT2D eigenvalue weighted by molar-refractivity contribution is -0.141. The molecular formula is C14H17ClN2OS. The lowest BCUT2D eigenvalue weighted by Crippen LogP contribution is -2.53. The number of nitrogens with two attached hydrogens (primary N) is 1. The van der Waals surface area contributed by atoms with Gasteiger partial charge in [0.2, 0.25) is 5.91 Å². The van der Waals surface area contributed by atoms with Crippen molar-refractivity contribution < 1.29 is 4.79 Å². The van der Waals surface area contributed by atoms with Gasteiger partial charge in [0, 0.05) is 18.6 Å². The van der Waals surface area contributed by atoms with Gasteiger partial charge in [-0.3, -0.25) is 4.79 Å². The molecule has 1 aliphatic rings. The molecular weight excluding hydrogens is 280 g/mol. The molecule has 1 fully saturated rings. The van der Waals surface area contributed by atoms with Crippen molar-refractivity contribution in [1.82, 2.24) is 4.90 Å². The number of carbonyl (C=O) groups is 1. The van der Waals surface area contributed by atoms with Crippen molar-refractivity contribution in [3.63, 3.8) is 0 Å². The van der Waals surface area contributed by atoms with E-state index in [1.165, 1.54) is 0 Å². The van der Waals surface area contributed by atoms with Crippen LogP contribution in [0, 0.1) is 5.41 Å². The van der Waals surface area contributed by atoms with E-state index in [-0.39, 0.29) is 5.91 Å². The summed E-state index contributed by atoms with van der Waals surface area (Å²) in [6, 6.07) is 7.50. The summed E-state index contributed by atoms with van der Waals surface area (Å²) in [5, 5.41) is 0.672. The Morgan fingerprint density at radius 3 is 2.68 bits per heavy atom. The highest BCUT2D eigenvalue weighted by Crippen LogP contribution is 2.42. The molecule has 1 aliphatic carbocycles. The van der Waals surface area contributed by atoms with E-state index in [1.54, 1.807) is 11.9 Å². The van der Waals surface area contributed by atoms with Crippen LogP contribution in [-0.4, -0.2) is 22.8 Å². The predicted octanol–water partition coefficient (Wildman–Crippen LogP) is 2.75. The molecule has 0 saturated heterocycles. The van der Waals surface area contributed by atoms with E-state index < -0.39 is 5.41 Å². The van der Waals surface area contributed by atoms with Crippen LogP contribution < -0.4 is 5.73 Å². The van der Waals surface area contributed by atoms with Crippen molar-refractivity contribution in [3.8, 4) is 0 Å². The van der Waals surface area contributed by atoms with Crippen LogP contribution >= 0.6 is 23.8 Å². The maximum Gasteiger partial charge on any atom is 0.235 e. The Morgan fingerprint density at radius 2 is 2.21 bits per heavy atom. The molecule has 0 aliphatic heterocycles. The van der Waals surface area contributed by atoms with E-state index in [9.17, 15) is 4.79 Å². The van der Waals surface area contributed by atoms with Gasteiger partial charge < -0.3 is 10.6 Å². The summed E-state index contributed by atoms with van der Waals surface area (Å²) < 4.78 is 0. The van der Waals surface area contributed by atoms with Crippen molar-refractivity contribution in [1.29, 1.82) is 0 Å². The fourth-order valence-electron chi connectivity index (χ4n) is 2.44. The zero-order valence-corrected chi connectivity index (χ0v) is 12.4. The lowest BCUT2D eigenvalue weighted by Gasteiger charge is -2.41. The standard InChI is InChI=1S/C14H17ClN2OS/c1-17(9-10-4-2-5-11(15)8-10)13(18)14(12(16)19)6-3-7-14/h2,4-5,8H,3,6-7,9H2,1H3,(H2,16,19). The Bertz CT molecular complexity index is 514. The highest BCUT2D eigenvalue weighted by atomic mass is 35.5. The van der Waals surface area contributed by atoms with Crippen molar-refractivity contribution >= 4 is 34.7 Å². The molecule has 19 heavy (non-hydrogen) atoms. The minimum absolute atomic E-state index is 0.0197. The predicted molar refractivity (Wildman–Crippen MR) is 81.0 cm³/mol. The molecule has 3 nitrogen and oxygen atoms in total. The molecule has 0 aromatic heterocycles. The molecule has 0 spiro atoms. The molecule has 102 valence electrons. The summed E-state index contributed by atoms with van der Waals surface area (Å²) in [6.07, 6.45) is 2.54. The maximum absolute atomic E-state index is 12.5. The Kier molecular flexibility index (Phi) is 4.11. The zero-order chi connectivity index (χ0) is 14.0. The van der Waals surface area contributed by atoms with E-state index in [0.717, 1.165) is 24.8 Å². The second kappa shape index (κ2) is 5.47. The monoisotopic (exact) mass is 296 g/mol. The summed E-state index contributed by atoms with van der Waals surface area (Å²) in [5.74, 6) is 0.0197. The van der Waals surface area contributed by atoms with Gasteiger partial charge in [0.05, 0.1) is 10.4 Å². The molecule has 0 heterocycles. The number of nitrogens with zero attached hydrogens (tertiary/aromatic N) is 1. The minimum Gasteiger partial charge on any atom is -0.392 e. The fourth-order valence-corrected chi connectivity index (χ4v) is 2.95. The SMILES string of the molecule is CN(Cc1cccc(Cl)c1)C(=O)C1(C(N)=S)CCC1. The first-order valence-corrected chi connectivity index (χ1v) is 7.04. The largest absolute Gasteiger partial charge is 0.392 e. The molecule has 2 N–H and O–H groups in total. The van der Waals surface area contributed by atoms with Gasteiger partial charge in [-0.2, -0.15) is 0 Å². The third-order valence-electron chi connectivity index (χ3n) is 3.74. The number of benzene rings is 1. The van der Waals surface area contributed by atoms with Gasteiger partial charge in [-0.1, -0.05) is 42.4 Å². The van der Waals surface area contributed by atoms with Gasteiger partial charge in [-0.15, -0.1) is 0 Å². The lowest BCUT2D eigenvalue weighted by atomic mass is 9.67. The van der Waals surface area contributed by atoms with Gasteiger partial charge in [-0.25, -0.2) is 0 Å². The zero-order valence-electron chi connectivity index (χ0n) is 10.9. The molecule has 1 amide bonds. The van der Waals surface area contributed by atoms with E-state index in [4.69, 9.17) is 29.6 Å². The number of thiocarbonyl (C=S) groups is 1. The van der Waals surface area contributed by atoms with Crippen LogP contribution in [0.5, 0.6) is 0 Å². The first kappa shape index (κ1) is 14.3. The molecule has 0 atom stereocenters. The quantitative estimate of drug-likeness (QED) is 0.869. The first-order valence-electron chi connectivity index (χ1n) is 6.25. The van der Waals surface area contributed by atoms with Crippen molar-refractivity contribution in [2.75, 3.05) is 7.05 Å². The summed E-state index contributed by atoms with van der Waals surface area (Å²) in [4.78, 5) is 14.5. The van der Waals surface area contributed by atoms with Gasteiger partial charge >= 0.3 is 0 Å². The van der Waals surface area contributed by atoms with E-state index in [0.29, 0.717) is 16.6 Å². The Morgan fingerprint density at radius 1 is 1.53 bits per heavy atom. The fraction of sp³-hybridized carbons (Fsp3) is 0.429. The van der Waals surface area contributed by atoms with Gasteiger partial charge in [0.15, 0.2) is 0 Å². The second-order valence-electron chi connectivity index (χ2n) is 5.09. The molecule has 0 bridgehead atoms. The molecule has 0 radical (unpaired) electrons. The normalized spacial score (nSPS) is 16.5. The van der Waals surface area contributed by atoms with E-state index >= 15 is 0 Å². The van der Waals surface area contributed by atoms with E-state index in [2.05, 4.69) is 0 Å². The van der Waals surface area contributed by atoms with Crippen LogP contribution in [0.25, 0.3) is 0 Å². The number of carbonyl (C=O) groups excluding carboxylic acids is 1. The van der Waals surface area contributed by atoms with Crippen LogP contribution in [0.3, 0.4) is 0 Å². The Labute approximate surface area is 123 Å². The average Bonchev–Trinajstić information content (AvgIpc) is 2.26. The number of hydrogen-bond donors (Lipinski definition) is 1. The van der Waals surface area contributed by atoms with Crippen molar-refractivity contribution in [2.45, 2.75) is 25.8 Å². The van der Waals surface area contributed by atoms with Gasteiger partial charge in [0.25, 0.3) is 0 Å². The van der Waals surface area contributed by atoms with Crippen LogP contribution in [0.4, 0.5) is 0 Å². The Hall–Kier alpha value is -1.13. The highest BCUT2D eigenvalue weighted by Gasteiger charge is 2.48. The van der Waals surface area contributed by atoms with E-state index in [1.807, 2.05) is 24.3 Å². The number of rotatable bonds is 4. The maximum atomic E-state index is 12.5. The average molecular weight is 297 g/mol. The highest BCUT2D eigenvalue weighted by molar-refractivity contribution is 7.80. The summed E-state index contributed by atoms with van der Waals surface area (Å²) >= 11 is 11.0. The van der Waals surface area contributed by atoms with Crippen LogP contribution in [0.1, 0.15) is 24.8 Å². The van der Waals surface area contributed by atoms with Crippen LogP contribution in [0.2, 0.25) is 5.02 Å². The van der Waals surface area contributed by atoms with Crippen LogP contribution in [0.15, 0.2) is 24.3 Å². The molecule has 1 aromatic rings. The topological polar surface area (TPSA) is 46.3 Å². The first-order chi connectivity index (χ1) is 8.95. The van der Waals surface area contributed by atoms with Gasteiger partial charge in [0.1, 0.15) is 0 Å². The second-order valence-corrected chi connectivity index (χ2v) is 5.97. The number of amides is 1. The smallest absolute Gasteiger partial charge is 0.235 e. The Balaban J connectivity index is 2.09. The molecule has 0 unspecified atom stereocenters.